The van der Waals surface area contributed by atoms with Crippen LogP contribution in [-0.4, -0.2) is 36.8 Å². The molecule has 0 bridgehead atoms. The number of hydrogen-bond donors (Lipinski definition) is 1. The first-order valence-electron chi connectivity index (χ1n) is 8.83. The minimum absolute atomic E-state index is 0.198. The summed E-state index contributed by atoms with van der Waals surface area (Å²) in [6.07, 6.45) is 6.23. The molecule has 1 aromatic carbocycles. The minimum atomic E-state index is -0.250. The first kappa shape index (κ1) is 17.8. The van der Waals surface area contributed by atoms with Crippen LogP contribution in [-0.2, 0) is 6.54 Å². The lowest BCUT2D eigenvalue weighted by Gasteiger charge is -2.12. The standard InChI is InChI=1S/C19H24N6O/c1-14(2)16-7-4-5-8-17(16)25-15(3)22-18(23-25)19(26)21-9-6-11-24-12-10-20-13-24/h4-5,7-8,10,12-14H,6,9,11H2,1-3H3,(H,21,26). The highest BCUT2D eigenvalue weighted by molar-refractivity contribution is 5.90. The number of hydrogen-bond acceptors (Lipinski definition) is 4. The quantitative estimate of drug-likeness (QED) is 0.663. The Bertz CT molecular complexity index is 866. The third-order valence-electron chi connectivity index (χ3n) is 4.20. The van der Waals surface area contributed by atoms with E-state index in [1.165, 1.54) is 5.56 Å². The number of aryl methyl sites for hydroxylation is 2. The fourth-order valence-electron chi connectivity index (χ4n) is 2.84. The SMILES string of the molecule is Cc1nc(C(=O)NCCCn2ccnc2)nn1-c1ccccc1C(C)C. The molecule has 0 aliphatic rings. The normalized spacial score (nSPS) is 11.1. The van der Waals surface area contributed by atoms with Crippen LogP contribution in [0.1, 0.15) is 48.2 Å². The van der Waals surface area contributed by atoms with E-state index in [2.05, 4.69) is 40.3 Å². The zero-order chi connectivity index (χ0) is 18.5. The maximum Gasteiger partial charge on any atom is 0.290 e. The van der Waals surface area contributed by atoms with Crippen LogP contribution in [0.4, 0.5) is 0 Å². The predicted molar refractivity (Wildman–Crippen MR) is 99.4 cm³/mol. The van der Waals surface area contributed by atoms with Crippen molar-refractivity contribution in [1.82, 2.24) is 29.6 Å². The minimum Gasteiger partial charge on any atom is -0.349 e. The molecule has 7 heteroatoms. The van der Waals surface area contributed by atoms with Crippen LogP contribution in [0, 0.1) is 6.92 Å². The summed E-state index contributed by atoms with van der Waals surface area (Å²) in [4.78, 5) is 20.7. The lowest BCUT2D eigenvalue weighted by atomic mass is 10.0. The van der Waals surface area contributed by atoms with Crippen molar-refractivity contribution in [2.75, 3.05) is 6.54 Å². The van der Waals surface area contributed by atoms with E-state index >= 15 is 0 Å². The highest BCUT2D eigenvalue weighted by Crippen LogP contribution is 2.23. The Morgan fingerprint density at radius 3 is 2.81 bits per heavy atom. The molecule has 0 atom stereocenters. The maximum atomic E-state index is 12.4. The number of para-hydroxylation sites is 1. The molecule has 0 saturated heterocycles. The molecule has 26 heavy (non-hydrogen) atoms. The van der Waals surface area contributed by atoms with Crippen molar-refractivity contribution in [2.24, 2.45) is 0 Å². The van der Waals surface area contributed by atoms with Crippen LogP contribution >= 0.6 is 0 Å². The topological polar surface area (TPSA) is 77.6 Å². The number of carbonyl (C=O) groups is 1. The summed E-state index contributed by atoms with van der Waals surface area (Å²) in [6, 6.07) is 8.07. The van der Waals surface area contributed by atoms with Gasteiger partial charge in [0, 0.05) is 25.5 Å². The average molecular weight is 352 g/mol. The summed E-state index contributed by atoms with van der Waals surface area (Å²) < 4.78 is 3.72. The van der Waals surface area contributed by atoms with Gasteiger partial charge in [-0.25, -0.2) is 14.6 Å². The molecule has 2 aromatic heterocycles. The Morgan fingerprint density at radius 2 is 2.08 bits per heavy atom. The van der Waals surface area contributed by atoms with Crippen molar-refractivity contribution in [3.05, 3.63) is 60.2 Å². The van der Waals surface area contributed by atoms with Gasteiger partial charge in [-0.15, -0.1) is 5.10 Å². The van der Waals surface area contributed by atoms with Crippen LogP contribution in [0.3, 0.4) is 0 Å². The van der Waals surface area contributed by atoms with Crippen molar-refractivity contribution in [2.45, 2.75) is 39.7 Å². The largest absolute Gasteiger partial charge is 0.349 e. The molecule has 0 saturated carbocycles. The molecule has 0 unspecified atom stereocenters. The van der Waals surface area contributed by atoms with Gasteiger partial charge in [0.25, 0.3) is 5.91 Å². The monoisotopic (exact) mass is 352 g/mol. The van der Waals surface area contributed by atoms with E-state index in [-0.39, 0.29) is 11.7 Å². The fourth-order valence-corrected chi connectivity index (χ4v) is 2.84. The molecule has 0 spiro atoms. The van der Waals surface area contributed by atoms with Crippen LogP contribution in [0.15, 0.2) is 43.0 Å². The van der Waals surface area contributed by atoms with Gasteiger partial charge >= 0.3 is 0 Å². The number of benzene rings is 1. The van der Waals surface area contributed by atoms with E-state index in [0.29, 0.717) is 18.3 Å². The second-order valence-corrected chi connectivity index (χ2v) is 6.52. The molecule has 1 amide bonds. The van der Waals surface area contributed by atoms with Gasteiger partial charge in [-0.05, 0) is 30.9 Å². The Kier molecular flexibility index (Phi) is 5.46. The smallest absolute Gasteiger partial charge is 0.290 e. The third kappa shape index (κ3) is 3.99. The van der Waals surface area contributed by atoms with Gasteiger partial charge in [0.1, 0.15) is 5.82 Å². The van der Waals surface area contributed by atoms with Gasteiger partial charge in [0.05, 0.1) is 12.0 Å². The number of amides is 1. The van der Waals surface area contributed by atoms with E-state index in [1.54, 1.807) is 17.2 Å². The fraction of sp³-hybridized carbons (Fsp3) is 0.368. The Hall–Kier alpha value is -2.96. The zero-order valence-corrected chi connectivity index (χ0v) is 15.4. The molecular weight excluding hydrogens is 328 g/mol. The zero-order valence-electron chi connectivity index (χ0n) is 15.4. The molecule has 2 heterocycles. The van der Waals surface area contributed by atoms with Crippen LogP contribution in [0.25, 0.3) is 5.69 Å². The molecule has 0 aliphatic carbocycles. The first-order valence-corrected chi connectivity index (χ1v) is 8.83. The summed E-state index contributed by atoms with van der Waals surface area (Å²) in [6.45, 7) is 7.51. The summed E-state index contributed by atoms with van der Waals surface area (Å²) in [5.74, 6) is 1.00. The summed E-state index contributed by atoms with van der Waals surface area (Å²) >= 11 is 0. The van der Waals surface area contributed by atoms with E-state index in [9.17, 15) is 4.79 Å². The molecule has 7 nitrogen and oxygen atoms in total. The van der Waals surface area contributed by atoms with Crippen molar-refractivity contribution < 1.29 is 4.79 Å². The van der Waals surface area contributed by atoms with Crippen molar-refractivity contribution in [3.8, 4) is 5.69 Å². The summed E-state index contributed by atoms with van der Waals surface area (Å²) in [5, 5.41) is 7.31. The summed E-state index contributed by atoms with van der Waals surface area (Å²) in [7, 11) is 0. The Morgan fingerprint density at radius 1 is 1.27 bits per heavy atom. The van der Waals surface area contributed by atoms with Crippen LogP contribution in [0.5, 0.6) is 0 Å². The number of nitrogens with zero attached hydrogens (tertiary/aromatic N) is 5. The first-order chi connectivity index (χ1) is 12.6. The summed E-state index contributed by atoms with van der Waals surface area (Å²) in [5.41, 5.74) is 2.14. The Labute approximate surface area is 153 Å². The highest BCUT2D eigenvalue weighted by atomic mass is 16.2. The van der Waals surface area contributed by atoms with E-state index < -0.39 is 0 Å². The number of carbonyl (C=O) groups excluding carboxylic acids is 1. The Balaban J connectivity index is 1.67. The van der Waals surface area contributed by atoms with Crippen molar-refractivity contribution in [3.63, 3.8) is 0 Å². The van der Waals surface area contributed by atoms with Gasteiger partial charge in [0.15, 0.2) is 0 Å². The predicted octanol–water partition coefficient (Wildman–Crippen LogP) is 2.72. The van der Waals surface area contributed by atoms with Gasteiger partial charge in [-0.3, -0.25) is 4.79 Å². The molecule has 0 fully saturated rings. The van der Waals surface area contributed by atoms with Crippen molar-refractivity contribution in [1.29, 1.82) is 0 Å². The number of aromatic nitrogens is 5. The van der Waals surface area contributed by atoms with Gasteiger partial charge in [-0.1, -0.05) is 32.0 Å². The van der Waals surface area contributed by atoms with Crippen LogP contribution in [0.2, 0.25) is 0 Å². The lowest BCUT2D eigenvalue weighted by Crippen LogP contribution is -2.26. The van der Waals surface area contributed by atoms with Gasteiger partial charge in [0.2, 0.25) is 5.82 Å². The molecule has 3 rings (SSSR count). The second kappa shape index (κ2) is 7.95. The highest BCUT2D eigenvalue weighted by Gasteiger charge is 2.17. The van der Waals surface area contributed by atoms with Gasteiger partial charge in [-0.2, -0.15) is 0 Å². The molecule has 0 radical (unpaired) electrons. The second-order valence-electron chi connectivity index (χ2n) is 6.52. The third-order valence-corrected chi connectivity index (χ3v) is 4.20. The maximum absolute atomic E-state index is 12.4. The molecule has 1 N–H and O–H groups in total. The van der Waals surface area contributed by atoms with E-state index in [0.717, 1.165) is 18.7 Å². The van der Waals surface area contributed by atoms with E-state index in [4.69, 9.17) is 0 Å². The van der Waals surface area contributed by atoms with Crippen LogP contribution < -0.4 is 5.32 Å². The molecular formula is C19H24N6O. The average Bonchev–Trinajstić information content (AvgIpc) is 3.28. The number of imidazole rings is 1. The number of rotatable bonds is 7. The number of nitrogens with one attached hydrogen (secondary N) is 1. The lowest BCUT2D eigenvalue weighted by molar-refractivity contribution is 0.0942. The molecule has 136 valence electrons. The van der Waals surface area contributed by atoms with E-state index in [1.807, 2.05) is 35.9 Å². The van der Waals surface area contributed by atoms with Gasteiger partial charge < -0.3 is 9.88 Å². The molecule has 3 aromatic rings. The molecule has 0 aliphatic heterocycles. The van der Waals surface area contributed by atoms with Crippen molar-refractivity contribution >= 4 is 5.91 Å².